The largest absolute Gasteiger partial charge is 0.439 e. The van der Waals surface area contributed by atoms with Gasteiger partial charge >= 0.3 is 6.03 Å². The second-order valence-corrected chi connectivity index (χ2v) is 6.60. The van der Waals surface area contributed by atoms with E-state index in [2.05, 4.69) is 20.3 Å². The number of urea groups is 1. The number of carbonyl (C=O) groups is 2. The first-order valence-corrected chi connectivity index (χ1v) is 8.66. The van der Waals surface area contributed by atoms with Crippen LogP contribution in [0.25, 0.3) is 0 Å². The van der Waals surface area contributed by atoms with Gasteiger partial charge in [0.05, 0.1) is 4.90 Å². The Kier molecular flexibility index (Phi) is 5.05. The van der Waals surface area contributed by atoms with E-state index >= 15 is 0 Å². The van der Waals surface area contributed by atoms with Crippen molar-refractivity contribution in [1.29, 1.82) is 0 Å². The smallest absolute Gasteiger partial charge is 0.322 e. The predicted molar refractivity (Wildman–Crippen MR) is 90.2 cm³/mol. The monoisotopic (exact) mass is 360 g/mol. The number of rotatable bonds is 6. The van der Waals surface area contributed by atoms with E-state index in [0.29, 0.717) is 16.5 Å². The maximum atomic E-state index is 12.4. The van der Waals surface area contributed by atoms with Gasteiger partial charge in [0, 0.05) is 18.3 Å². The van der Waals surface area contributed by atoms with Crippen molar-refractivity contribution in [3.63, 3.8) is 0 Å². The van der Waals surface area contributed by atoms with E-state index in [0.717, 1.165) is 0 Å². The number of pyridine rings is 1. The summed E-state index contributed by atoms with van der Waals surface area (Å²) in [4.78, 5) is 27.3. The number of nitrogens with zero attached hydrogens (tertiary/aromatic N) is 1. The van der Waals surface area contributed by atoms with Crippen LogP contribution in [0.3, 0.4) is 0 Å². The van der Waals surface area contributed by atoms with Gasteiger partial charge in [-0.25, -0.2) is 18.7 Å². The van der Waals surface area contributed by atoms with Gasteiger partial charge in [-0.15, -0.1) is 0 Å². The predicted octanol–water partition coefficient (Wildman–Crippen LogP) is 1.08. The molecule has 9 heteroatoms. The molecule has 0 spiro atoms. The fourth-order valence-corrected chi connectivity index (χ4v) is 3.24. The number of hydrogen-bond donors (Lipinski definition) is 3. The average Bonchev–Trinajstić information content (AvgIpc) is 2.95. The van der Waals surface area contributed by atoms with Crippen LogP contribution in [-0.2, 0) is 15.8 Å². The molecule has 1 saturated heterocycles. The molecule has 1 fully saturated rings. The number of amides is 3. The molecular formula is C16H16N4O4S. The Morgan fingerprint density at radius 2 is 1.96 bits per heavy atom. The van der Waals surface area contributed by atoms with Crippen molar-refractivity contribution >= 4 is 22.9 Å². The molecule has 0 saturated carbocycles. The minimum atomic E-state index is -1.54. The van der Waals surface area contributed by atoms with Gasteiger partial charge in [0.25, 0.3) is 5.91 Å². The second-order valence-electron chi connectivity index (χ2n) is 5.36. The van der Waals surface area contributed by atoms with Gasteiger partial charge in [-0.1, -0.05) is 6.07 Å². The maximum absolute atomic E-state index is 12.4. The van der Waals surface area contributed by atoms with Gasteiger partial charge < -0.3 is 10.1 Å². The Balaban J connectivity index is 1.61. The Morgan fingerprint density at radius 1 is 1.20 bits per heavy atom. The van der Waals surface area contributed by atoms with Crippen LogP contribution in [0.4, 0.5) is 4.79 Å². The highest BCUT2D eigenvalue weighted by atomic mass is 32.2. The van der Waals surface area contributed by atoms with E-state index in [4.69, 9.17) is 4.74 Å². The number of benzene rings is 1. The first-order valence-electron chi connectivity index (χ1n) is 7.51. The summed E-state index contributed by atoms with van der Waals surface area (Å²) in [6, 6.07) is 10.2. The molecule has 25 heavy (non-hydrogen) atoms. The molecule has 3 rings (SSSR count). The van der Waals surface area contributed by atoms with Gasteiger partial charge in [0.1, 0.15) is 22.8 Å². The SMILES string of the molecule is C[C@@H](NS(=O)c1ccc(Oc2ccccn2)cc1)[C@@H]1NC(=O)NC1=O. The minimum Gasteiger partial charge on any atom is -0.439 e. The minimum absolute atomic E-state index is 0.443. The van der Waals surface area contributed by atoms with Crippen LogP contribution in [0.5, 0.6) is 11.6 Å². The zero-order valence-corrected chi connectivity index (χ0v) is 14.1. The third-order valence-electron chi connectivity index (χ3n) is 3.50. The number of imide groups is 1. The molecule has 3 amide bonds. The van der Waals surface area contributed by atoms with Crippen molar-refractivity contribution in [2.45, 2.75) is 23.9 Å². The van der Waals surface area contributed by atoms with Crippen molar-refractivity contribution in [3.05, 3.63) is 48.7 Å². The van der Waals surface area contributed by atoms with Crippen LogP contribution in [0.1, 0.15) is 6.92 Å². The van der Waals surface area contributed by atoms with Gasteiger partial charge in [-0.3, -0.25) is 10.1 Å². The lowest BCUT2D eigenvalue weighted by atomic mass is 10.1. The molecule has 1 unspecified atom stereocenters. The van der Waals surface area contributed by atoms with E-state index < -0.39 is 35.0 Å². The van der Waals surface area contributed by atoms with E-state index in [1.54, 1.807) is 49.5 Å². The molecule has 2 aromatic rings. The highest BCUT2D eigenvalue weighted by molar-refractivity contribution is 7.83. The fourth-order valence-electron chi connectivity index (χ4n) is 2.25. The second kappa shape index (κ2) is 7.41. The highest BCUT2D eigenvalue weighted by Gasteiger charge is 2.34. The lowest BCUT2D eigenvalue weighted by Crippen LogP contribution is -2.47. The topological polar surface area (TPSA) is 109 Å². The number of carbonyl (C=O) groups excluding carboxylic acids is 2. The summed E-state index contributed by atoms with van der Waals surface area (Å²) in [5.74, 6) is 0.585. The summed E-state index contributed by atoms with van der Waals surface area (Å²) in [5.41, 5.74) is 0. The molecule has 0 radical (unpaired) electrons. The Bertz CT molecular complexity index is 798. The van der Waals surface area contributed by atoms with Crippen LogP contribution in [0, 0.1) is 0 Å². The Labute approximate surface area is 146 Å². The molecule has 1 aromatic carbocycles. The van der Waals surface area contributed by atoms with E-state index in [9.17, 15) is 13.8 Å². The number of hydrogen-bond acceptors (Lipinski definition) is 5. The van der Waals surface area contributed by atoms with Crippen LogP contribution in [0.2, 0.25) is 0 Å². The Morgan fingerprint density at radius 3 is 2.56 bits per heavy atom. The standard InChI is InChI=1S/C16H16N4O4S/c1-10(14-15(21)19-16(22)18-14)20-25(23)12-7-5-11(6-8-12)24-13-4-2-3-9-17-13/h2-10,14,20H,1H3,(H2,18,19,21,22)/t10-,14+,25?/m1/s1. The summed E-state index contributed by atoms with van der Waals surface area (Å²) in [7, 11) is -1.54. The molecule has 0 aliphatic carbocycles. The Hall–Kier alpha value is -2.78. The summed E-state index contributed by atoms with van der Waals surface area (Å²) in [6.07, 6.45) is 1.63. The van der Waals surface area contributed by atoms with Gasteiger partial charge in [-0.05, 0) is 37.3 Å². The molecule has 2 heterocycles. The third kappa shape index (κ3) is 4.20. The van der Waals surface area contributed by atoms with Crippen LogP contribution in [-0.4, -0.2) is 33.2 Å². The molecule has 130 valence electrons. The third-order valence-corrected chi connectivity index (χ3v) is 4.78. The number of aromatic nitrogens is 1. The van der Waals surface area contributed by atoms with E-state index in [1.165, 1.54) is 0 Å². The molecule has 0 bridgehead atoms. The summed E-state index contributed by atoms with van der Waals surface area (Å²) in [6.45, 7) is 1.67. The normalized spacial score (nSPS) is 19.0. The van der Waals surface area contributed by atoms with E-state index in [-0.39, 0.29) is 0 Å². The highest BCUT2D eigenvalue weighted by Crippen LogP contribution is 2.20. The first-order chi connectivity index (χ1) is 12.0. The molecular weight excluding hydrogens is 344 g/mol. The lowest BCUT2D eigenvalue weighted by Gasteiger charge is -2.17. The molecule has 3 atom stereocenters. The molecule has 1 aliphatic heterocycles. The molecule has 1 aliphatic rings. The summed E-state index contributed by atoms with van der Waals surface area (Å²) in [5, 5.41) is 4.61. The van der Waals surface area contributed by atoms with Crippen molar-refractivity contribution < 1.29 is 18.5 Å². The molecule has 3 N–H and O–H groups in total. The number of nitrogens with one attached hydrogen (secondary N) is 3. The quantitative estimate of drug-likeness (QED) is 0.668. The van der Waals surface area contributed by atoms with Gasteiger partial charge in [0.15, 0.2) is 0 Å². The van der Waals surface area contributed by atoms with Gasteiger partial charge in [0.2, 0.25) is 5.88 Å². The average molecular weight is 360 g/mol. The van der Waals surface area contributed by atoms with Gasteiger partial charge in [-0.2, -0.15) is 0 Å². The summed E-state index contributed by atoms with van der Waals surface area (Å²) < 4.78 is 20.7. The molecule has 8 nitrogen and oxygen atoms in total. The lowest BCUT2D eigenvalue weighted by molar-refractivity contribution is -0.120. The number of ether oxygens (including phenoxy) is 1. The van der Waals surface area contributed by atoms with Crippen LogP contribution in [0.15, 0.2) is 53.6 Å². The van der Waals surface area contributed by atoms with Crippen LogP contribution >= 0.6 is 0 Å². The fraction of sp³-hybridized carbons (Fsp3) is 0.188. The summed E-state index contributed by atoms with van der Waals surface area (Å²) >= 11 is 0. The molecule has 1 aromatic heterocycles. The van der Waals surface area contributed by atoms with E-state index in [1.807, 2.05) is 6.07 Å². The maximum Gasteiger partial charge on any atom is 0.322 e. The van der Waals surface area contributed by atoms with Crippen molar-refractivity contribution in [1.82, 2.24) is 20.3 Å². The van der Waals surface area contributed by atoms with Crippen molar-refractivity contribution in [2.75, 3.05) is 0 Å². The van der Waals surface area contributed by atoms with Crippen molar-refractivity contribution in [2.24, 2.45) is 0 Å². The van der Waals surface area contributed by atoms with Crippen LogP contribution < -0.4 is 20.1 Å². The zero-order valence-electron chi connectivity index (χ0n) is 13.3. The van der Waals surface area contributed by atoms with Crippen molar-refractivity contribution in [3.8, 4) is 11.6 Å². The first kappa shape index (κ1) is 17.1. The zero-order chi connectivity index (χ0) is 17.8.